The number of hydrogen-bond donors (Lipinski definition) is 3. The summed E-state index contributed by atoms with van der Waals surface area (Å²) in [6.45, 7) is 1.86. The minimum atomic E-state index is -0.205. The van der Waals surface area contributed by atoms with Gasteiger partial charge in [-0.15, -0.1) is 21.5 Å². The number of hydrazone groups is 1. The van der Waals surface area contributed by atoms with E-state index in [1.165, 1.54) is 16.0 Å². The summed E-state index contributed by atoms with van der Waals surface area (Å²) in [4.78, 5) is 16.1. The Morgan fingerprint density at radius 1 is 1.44 bits per heavy atom. The van der Waals surface area contributed by atoms with Crippen molar-refractivity contribution in [3.8, 4) is 0 Å². The van der Waals surface area contributed by atoms with Crippen molar-refractivity contribution in [3.05, 3.63) is 45.9 Å². The summed E-state index contributed by atoms with van der Waals surface area (Å²) < 4.78 is 1.22. The Bertz CT molecular complexity index is 970. The number of nitrogens with one attached hydrogen (secondary N) is 2. The van der Waals surface area contributed by atoms with Crippen LogP contribution < -0.4 is 16.6 Å². The van der Waals surface area contributed by atoms with E-state index < -0.39 is 0 Å². The lowest BCUT2D eigenvalue weighted by Gasteiger charge is -2.03. The molecule has 0 spiro atoms. The molecule has 4 N–H and O–H groups in total. The molecular formula is C15H15ClN8OS2. The van der Waals surface area contributed by atoms with E-state index in [9.17, 15) is 4.79 Å². The average molecular weight is 423 g/mol. The Kier molecular flexibility index (Phi) is 6.27. The molecule has 2 aromatic heterocycles. The number of aromatic nitrogens is 4. The largest absolute Gasteiger partial charge is 0.334 e. The molecule has 0 atom stereocenters. The summed E-state index contributed by atoms with van der Waals surface area (Å²) in [5.74, 6) is 6.07. The van der Waals surface area contributed by atoms with Gasteiger partial charge in [0.25, 0.3) is 5.95 Å². The second-order valence-corrected chi connectivity index (χ2v) is 7.41. The number of amides is 1. The predicted molar refractivity (Wildman–Crippen MR) is 109 cm³/mol. The number of carbonyl (C=O) groups is 1. The molecule has 0 aliphatic carbocycles. The summed E-state index contributed by atoms with van der Waals surface area (Å²) in [5.41, 5.74) is 4.30. The Morgan fingerprint density at radius 2 is 2.26 bits per heavy atom. The number of anilines is 2. The third-order valence-electron chi connectivity index (χ3n) is 3.14. The Morgan fingerprint density at radius 3 is 3.00 bits per heavy atom. The maximum Gasteiger partial charge on any atom is 0.264 e. The van der Waals surface area contributed by atoms with Crippen molar-refractivity contribution >= 4 is 57.9 Å². The second kappa shape index (κ2) is 8.84. The van der Waals surface area contributed by atoms with E-state index in [1.807, 2.05) is 30.5 Å². The van der Waals surface area contributed by atoms with Crippen LogP contribution in [0.2, 0.25) is 5.02 Å². The first kappa shape index (κ1) is 19.1. The van der Waals surface area contributed by atoms with Crippen LogP contribution in [0.5, 0.6) is 0 Å². The van der Waals surface area contributed by atoms with E-state index in [0.29, 0.717) is 15.3 Å². The zero-order chi connectivity index (χ0) is 19.2. The summed E-state index contributed by atoms with van der Waals surface area (Å²) in [7, 11) is 0. The first-order valence-corrected chi connectivity index (χ1v) is 9.86. The van der Waals surface area contributed by atoms with E-state index in [0.717, 1.165) is 23.0 Å². The third kappa shape index (κ3) is 5.18. The number of nitrogens with zero attached hydrogens (tertiary/aromatic N) is 5. The van der Waals surface area contributed by atoms with E-state index in [1.54, 1.807) is 12.3 Å². The zero-order valence-corrected chi connectivity index (χ0v) is 16.5. The quantitative estimate of drug-likeness (QED) is 0.231. The topological polar surface area (TPSA) is 123 Å². The van der Waals surface area contributed by atoms with Gasteiger partial charge in [0.1, 0.15) is 0 Å². The molecule has 0 unspecified atom stereocenters. The molecule has 1 aromatic carbocycles. The van der Waals surface area contributed by atoms with Crippen LogP contribution in [0.25, 0.3) is 0 Å². The van der Waals surface area contributed by atoms with Gasteiger partial charge in [0, 0.05) is 16.0 Å². The summed E-state index contributed by atoms with van der Waals surface area (Å²) in [6, 6.07) is 7.27. The number of thioether (sulfide) groups is 1. The van der Waals surface area contributed by atoms with Gasteiger partial charge in [-0.2, -0.15) is 5.10 Å². The number of benzene rings is 1. The van der Waals surface area contributed by atoms with Crippen molar-refractivity contribution < 1.29 is 4.79 Å². The Labute approximate surface area is 168 Å². The SMILES string of the molecule is Cc1csc(NC(=O)CSc2nnc(N/N=C/c3ccccc3Cl)n2N)n1. The first-order chi connectivity index (χ1) is 13.0. The molecule has 3 rings (SSSR count). The molecule has 0 bridgehead atoms. The molecule has 2 heterocycles. The molecule has 0 saturated heterocycles. The first-order valence-electron chi connectivity index (χ1n) is 7.62. The Balaban J connectivity index is 1.53. The highest BCUT2D eigenvalue weighted by Gasteiger charge is 2.12. The normalized spacial score (nSPS) is 11.0. The number of nitrogen functional groups attached to an aromatic ring is 1. The minimum Gasteiger partial charge on any atom is -0.334 e. The smallest absolute Gasteiger partial charge is 0.264 e. The fraction of sp³-hybridized carbons (Fsp3) is 0.133. The molecule has 0 fully saturated rings. The van der Waals surface area contributed by atoms with Crippen molar-refractivity contribution in [2.45, 2.75) is 12.1 Å². The molecule has 27 heavy (non-hydrogen) atoms. The van der Waals surface area contributed by atoms with Crippen molar-refractivity contribution in [1.82, 2.24) is 19.9 Å². The van der Waals surface area contributed by atoms with Crippen LogP contribution in [0, 0.1) is 6.92 Å². The number of aryl methyl sites for hydroxylation is 1. The molecule has 3 aromatic rings. The second-order valence-electron chi connectivity index (χ2n) is 5.20. The average Bonchev–Trinajstić information content (AvgIpc) is 3.21. The fourth-order valence-electron chi connectivity index (χ4n) is 1.89. The standard InChI is InChI=1S/C15H15ClN8OS2/c1-9-7-26-14(19-9)20-12(25)8-27-15-23-22-13(24(15)17)21-18-6-10-4-2-3-5-11(10)16/h2-7H,8,17H2,1H3,(H,21,22)(H,19,20,25)/b18-6+. The number of rotatable bonds is 7. The maximum atomic E-state index is 12.0. The number of thiazole rings is 1. The van der Waals surface area contributed by atoms with Crippen molar-refractivity contribution in [2.75, 3.05) is 22.3 Å². The summed E-state index contributed by atoms with van der Waals surface area (Å²) >= 11 is 8.57. The van der Waals surface area contributed by atoms with E-state index in [4.69, 9.17) is 17.4 Å². The van der Waals surface area contributed by atoms with E-state index in [2.05, 4.69) is 31.0 Å². The molecule has 0 aliphatic heterocycles. The lowest BCUT2D eigenvalue weighted by atomic mass is 10.2. The van der Waals surface area contributed by atoms with Gasteiger partial charge in [-0.25, -0.2) is 15.1 Å². The van der Waals surface area contributed by atoms with E-state index >= 15 is 0 Å². The van der Waals surface area contributed by atoms with Crippen LogP contribution in [-0.4, -0.2) is 37.7 Å². The highest BCUT2D eigenvalue weighted by molar-refractivity contribution is 7.99. The van der Waals surface area contributed by atoms with Crippen LogP contribution in [-0.2, 0) is 4.79 Å². The van der Waals surface area contributed by atoms with E-state index in [-0.39, 0.29) is 17.6 Å². The zero-order valence-electron chi connectivity index (χ0n) is 14.1. The van der Waals surface area contributed by atoms with Crippen LogP contribution in [0.4, 0.5) is 11.1 Å². The van der Waals surface area contributed by atoms with Gasteiger partial charge in [-0.3, -0.25) is 4.79 Å². The predicted octanol–water partition coefficient (Wildman–Crippen LogP) is 2.59. The van der Waals surface area contributed by atoms with Gasteiger partial charge >= 0.3 is 0 Å². The summed E-state index contributed by atoms with van der Waals surface area (Å²) in [5, 5.41) is 18.0. The molecule has 0 radical (unpaired) electrons. The van der Waals surface area contributed by atoms with Gasteiger partial charge < -0.3 is 11.2 Å². The van der Waals surface area contributed by atoms with Crippen molar-refractivity contribution in [1.29, 1.82) is 0 Å². The van der Waals surface area contributed by atoms with Gasteiger partial charge in [-0.1, -0.05) is 41.6 Å². The fourth-order valence-corrected chi connectivity index (χ4v) is 3.43. The van der Waals surface area contributed by atoms with Gasteiger partial charge in [0.15, 0.2) is 5.13 Å². The molecule has 0 saturated carbocycles. The third-order valence-corrected chi connectivity index (χ3v) is 5.30. The lowest BCUT2D eigenvalue weighted by molar-refractivity contribution is -0.113. The number of hydrogen-bond acceptors (Lipinski definition) is 9. The maximum absolute atomic E-state index is 12.0. The van der Waals surface area contributed by atoms with Gasteiger partial charge in [0.2, 0.25) is 11.1 Å². The van der Waals surface area contributed by atoms with Crippen molar-refractivity contribution in [3.63, 3.8) is 0 Å². The Hall–Kier alpha value is -2.63. The van der Waals surface area contributed by atoms with Crippen LogP contribution in [0.3, 0.4) is 0 Å². The van der Waals surface area contributed by atoms with Gasteiger partial charge in [-0.05, 0) is 13.0 Å². The van der Waals surface area contributed by atoms with Gasteiger partial charge in [0.05, 0.1) is 17.7 Å². The van der Waals surface area contributed by atoms with Crippen LogP contribution >= 0.6 is 34.7 Å². The molecular weight excluding hydrogens is 408 g/mol. The molecule has 9 nitrogen and oxygen atoms in total. The molecule has 1 amide bonds. The number of halogens is 1. The minimum absolute atomic E-state index is 0.122. The van der Waals surface area contributed by atoms with Crippen LogP contribution in [0.15, 0.2) is 39.9 Å². The lowest BCUT2D eigenvalue weighted by Crippen LogP contribution is -2.16. The van der Waals surface area contributed by atoms with Crippen molar-refractivity contribution in [2.24, 2.45) is 5.10 Å². The monoisotopic (exact) mass is 422 g/mol. The number of nitrogens with two attached hydrogens (primary N) is 1. The van der Waals surface area contributed by atoms with Crippen LogP contribution in [0.1, 0.15) is 11.3 Å². The highest BCUT2D eigenvalue weighted by atomic mass is 35.5. The summed E-state index contributed by atoms with van der Waals surface area (Å²) in [6.07, 6.45) is 1.55. The molecule has 12 heteroatoms. The molecule has 0 aliphatic rings. The number of carbonyl (C=O) groups excluding carboxylic acids is 1. The highest BCUT2D eigenvalue weighted by Crippen LogP contribution is 2.19. The molecule has 140 valence electrons.